The van der Waals surface area contributed by atoms with Gasteiger partial charge in [-0.2, -0.15) is 0 Å². The number of allylic oxidation sites excluding steroid dienone is 4. The molecule has 0 atom stereocenters. The first-order valence-corrected chi connectivity index (χ1v) is 4.98. The van der Waals surface area contributed by atoms with E-state index in [0.29, 0.717) is 5.92 Å². The largest absolute Gasteiger partial charge is 0.0785 e. The number of hydrogen-bond donors (Lipinski definition) is 0. The number of hydrogen-bond acceptors (Lipinski definition) is 0. The van der Waals surface area contributed by atoms with Crippen LogP contribution in [0, 0.1) is 5.92 Å². The van der Waals surface area contributed by atoms with Crippen molar-refractivity contribution in [2.24, 2.45) is 5.92 Å². The van der Waals surface area contributed by atoms with Crippen LogP contribution in [-0.2, 0) is 0 Å². The summed E-state index contributed by atoms with van der Waals surface area (Å²) in [5.41, 5.74) is 4.73. The predicted octanol–water partition coefficient (Wildman–Crippen LogP) is 4.09. The van der Waals surface area contributed by atoms with Crippen molar-refractivity contribution in [2.75, 3.05) is 0 Å². The second kappa shape index (κ2) is 3.93. The average Bonchev–Trinajstić information content (AvgIpc) is 1.98. The van der Waals surface area contributed by atoms with Crippen LogP contribution in [0.15, 0.2) is 22.8 Å². The van der Waals surface area contributed by atoms with Crippen LogP contribution in [-0.4, -0.2) is 0 Å². The van der Waals surface area contributed by atoms with Gasteiger partial charge in [0.15, 0.2) is 0 Å². The molecule has 0 saturated heterocycles. The smallest absolute Gasteiger partial charge is 0.0276 e. The highest BCUT2D eigenvalue weighted by Crippen LogP contribution is 2.29. The molecule has 0 N–H and O–H groups in total. The van der Waals surface area contributed by atoms with Crippen LogP contribution in [0.5, 0.6) is 0 Å². The Bertz CT molecular complexity index is 216. The van der Waals surface area contributed by atoms with Crippen molar-refractivity contribution in [1.82, 2.24) is 0 Å². The Morgan fingerprint density at radius 1 is 1.17 bits per heavy atom. The fourth-order valence-electron chi connectivity index (χ4n) is 1.80. The molecule has 0 bridgehead atoms. The van der Waals surface area contributed by atoms with E-state index in [0.717, 1.165) is 0 Å². The molecule has 0 aromatic carbocycles. The molecule has 0 aromatic heterocycles. The molecule has 68 valence electrons. The van der Waals surface area contributed by atoms with Gasteiger partial charge in [0.25, 0.3) is 0 Å². The Kier molecular flexibility index (Phi) is 3.13. The summed E-state index contributed by atoms with van der Waals surface area (Å²) in [5.74, 6) is 0.695. The fourth-order valence-corrected chi connectivity index (χ4v) is 1.80. The molecule has 0 amide bonds. The molecule has 0 unspecified atom stereocenters. The van der Waals surface area contributed by atoms with Crippen molar-refractivity contribution < 1.29 is 0 Å². The van der Waals surface area contributed by atoms with Crippen LogP contribution in [0.3, 0.4) is 0 Å². The van der Waals surface area contributed by atoms with Gasteiger partial charge >= 0.3 is 0 Å². The molecular formula is C12H20. The highest BCUT2D eigenvalue weighted by Gasteiger charge is 2.10. The zero-order valence-electron chi connectivity index (χ0n) is 8.78. The lowest BCUT2D eigenvalue weighted by atomic mass is 9.87. The van der Waals surface area contributed by atoms with Crippen molar-refractivity contribution in [3.8, 4) is 0 Å². The van der Waals surface area contributed by atoms with Crippen LogP contribution < -0.4 is 0 Å². The molecule has 1 aliphatic carbocycles. The van der Waals surface area contributed by atoms with Gasteiger partial charge in [-0.3, -0.25) is 0 Å². The van der Waals surface area contributed by atoms with Gasteiger partial charge in [0.1, 0.15) is 0 Å². The molecule has 0 spiro atoms. The molecule has 0 radical (unpaired) electrons. The van der Waals surface area contributed by atoms with E-state index in [2.05, 4.69) is 33.8 Å². The minimum atomic E-state index is 0.695. The lowest BCUT2D eigenvalue weighted by Gasteiger charge is -2.18. The Balaban J connectivity index is 2.85. The lowest BCUT2D eigenvalue weighted by molar-refractivity contribution is 0.738. The third kappa shape index (κ3) is 2.23. The molecule has 0 aliphatic heterocycles. The van der Waals surface area contributed by atoms with Crippen LogP contribution in [0.4, 0.5) is 0 Å². The zero-order valence-corrected chi connectivity index (χ0v) is 8.78. The fraction of sp³-hybridized carbons (Fsp3) is 0.667. The van der Waals surface area contributed by atoms with E-state index in [9.17, 15) is 0 Å². The van der Waals surface area contributed by atoms with Gasteiger partial charge in [-0.05, 0) is 50.2 Å². The maximum Gasteiger partial charge on any atom is -0.0276 e. The number of rotatable bonds is 1. The van der Waals surface area contributed by atoms with E-state index >= 15 is 0 Å². The standard InChI is InChI=1S/C12H20/c1-9(2)8-12-7-5-6-10(3)11(12)4/h8-9H,5-7H2,1-4H3/b12-8+. The van der Waals surface area contributed by atoms with Gasteiger partial charge in [-0.25, -0.2) is 0 Å². The summed E-state index contributed by atoms with van der Waals surface area (Å²) in [7, 11) is 0. The highest BCUT2D eigenvalue weighted by atomic mass is 14.2. The summed E-state index contributed by atoms with van der Waals surface area (Å²) in [6.45, 7) is 9.04. The minimum Gasteiger partial charge on any atom is -0.0785 e. The minimum absolute atomic E-state index is 0.695. The van der Waals surface area contributed by atoms with E-state index in [1.165, 1.54) is 19.3 Å². The summed E-state index contributed by atoms with van der Waals surface area (Å²) in [5, 5.41) is 0. The third-order valence-corrected chi connectivity index (χ3v) is 2.65. The normalized spacial score (nSPS) is 22.6. The van der Waals surface area contributed by atoms with Crippen LogP contribution in [0.25, 0.3) is 0 Å². The van der Waals surface area contributed by atoms with Gasteiger partial charge in [0, 0.05) is 0 Å². The first kappa shape index (κ1) is 9.57. The molecule has 0 saturated carbocycles. The SMILES string of the molecule is CC1=C(C)/C(=C/C(C)C)CCC1. The molecule has 12 heavy (non-hydrogen) atoms. The maximum absolute atomic E-state index is 2.41. The van der Waals surface area contributed by atoms with E-state index in [1.54, 1.807) is 16.7 Å². The summed E-state index contributed by atoms with van der Waals surface area (Å²) in [6.07, 6.45) is 6.36. The molecule has 0 nitrogen and oxygen atoms in total. The van der Waals surface area contributed by atoms with E-state index in [-0.39, 0.29) is 0 Å². The second-order valence-corrected chi connectivity index (χ2v) is 4.19. The molecule has 0 heterocycles. The first-order chi connectivity index (χ1) is 5.61. The van der Waals surface area contributed by atoms with Gasteiger partial charge in [-0.1, -0.05) is 25.5 Å². The van der Waals surface area contributed by atoms with Gasteiger partial charge in [0.05, 0.1) is 0 Å². The quantitative estimate of drug-likeness (QED) is 0.547. The van der Waals surface area contributed by atoms with Crippen molar-refractivity contribution >= 4 is 0 Å². The van der Waals surface area contributed by atoms with Crippen molar-refractivity contribution in [2.45, 2.75) is 47.0 Å². The molecule has 0 heteroatoms. The Hall–Kier alpha value is -0.520. The molecule has 1 aliphatic rings. The monoisotopic (exact) mass is 164 g/mol. The molecule has 1 rings (SSSR count). The Labute approximate surface area is 76.4 Å². The van der Waals surface area contributed by atoms with Gasteiger partial charge in [0.2, 0.25) is 0 Å². The van der Waals surface area contributed by atoms with E-state index < -0.39 is 0 Å². The predicted molar refractivity (Wildman–Crippen MR) is 55.1 cm³/mol. The maximum atomic E-state index is 2.41. The van der Waals surface area contributed by atoms with Crippen molar-refractivity contribution in [1.29, 1.82) is 0 Å². The van der Waals surface area contributed by atoms with Crippen LogP contribution in [0.2, 0.25) is 0 Å². The van der Waals surface area contributed by atoms with Crippen LogP contribution in [0.1, 0.15) is 47.0 Å². The molecule has 0 aromatic rings. The average molecular weight is 164 g/mol. The second-order valence-electron chi connectivity index (χ2n) is 4.19. The summed E-state index contributed by atoms with van der Waals surface area (Å²) >= 11 is 0. The summed E-state index contributed by atoms with van der Waals surface area (Å²) < 4.78 is 0. The topological polar surface area (TPSA) is 0 Å². The Morgan fingerprint density at radius 3 is 2.42 bits per heavy atom. The molecular weight excluding hydrogens is 144 g/mol. The summed E-state index contributed by atoms with van der Waals surface area (Å²) in [4.78, 5) is 0. The van der Waals surface area contributed by atoms with Gasteiger partial charge < -0.3 is 0 Å². The first-order valence-electron chi connectivity index (χ1n) is 4.98. The van der Waals surface area contributed by atoms with E-state index in [4.69, 9.17) is 0 Å². The van der Waals surface area contributed by atoms with Crippen molar-refractivity contribution in [3.63, 3.8) is 0 Å². The van der Waals surface area contributed by atoms with E-state index in [1.807, 2.05) is 0 Å². The summed E-state index contributed by atoms with van der Waals surface area (Å²) in [6, 6.07) is 0. The lowest BCUT2D eigenvalue weighted by Crippen LogP contribution is -1.99. The van der Waals surface area contributed by atoms with Crippen molar-refractivity contribution in [3.05, 3.63) is 22.8 Å². The van der Waals surface area contributed by atoms with Gasteiger partial charge in [-0.15, -0.1) is 0 Å². The Morgan fingerprint density at radius 2 is 1.83 bits per heavy atom. The third-order valence-electron chi connectivity index (χ3n) is 2.65. The zero-order chi connectivity index (χ0) is 9.14. The highest BCUT2D eigenvalue weighted by molar-refractivity contribution is 5.35. The molecule has 0 fully saturated rings. The van der Waals surface area contributed by atoms with Crippen LogP contribution >= 0.6 is 0 Å².